The van der Waals surface area contributed by atoms with E-state index in [1.54, 1.807) is 0 Å². The van der Waals surface area contributed by atoms with E-state index in [1.807, 2.05) is 6.92 Å². The number of rotatable bonds is 8. The maximum absolute atomic E-state index is 6.26. The summed E-state index contributed by atoms with van der Waals surface area (Å²) in [7, 11) is 0. The Kier molecular flexibility index (Phi) is 6.19. The third kappa shape index (κ3) is 3.88. The molecule has 0 aliphatic heterocycles. The molecule has 0 aromatic carbocycles. The summed E-state index contributed by atoms with van der Waals surface area (Å²) in [4.78, 5) is 2.42. The maximum Gasteiger partial charge on any atom is 0.150 e. The number of hydrogen-bond donors (Lipinski definition) is 1. The molecule has 0 amide bonds. The summed E-state index contributed by atoms with van der Waals surface area (Å²) in [5.41, 5.74) is 8.05. The second-order valence-electron chi connectivity index (χ2n) is 5.56. The van der Waals surface area contributed by atoms with E-state index in [4.69, 9.17) is 5.73 Å². The Morgan fingerprint density at radius 1 is 1.16 bits per heavy atom. The molecule has 0 saturated carbocycles. The van der Waals surface area contributed by atoms with Gasteiger partial charge in [-0.05, 0) is 33.6 Å². The average Bonchev–Trinajstić information content (AvgIpc) is 2.67. The predicted molar refractivity (Wildman–Crippen MR) is 83.8 cm³/mol. The first-order valence-corrected chi connectivity index (χ1v) is 7.62. The number of aromatic nitrogens is 2. The summed E-state index contributed by atoms with van der Waals surface area (Å²) in [5, 5.41) is 4.60. The van der Waals surface area contributed by atoms with Crippen LogP contribution in [0.5, 0.6) is 0 Å². The monoisotopic (exact) mass is 266 g/mol. The van der Waals surface area contributed by atoms with Crippen LogP contribution in [0.2, 0.25) is 0 Å². The quantitative estimate of drug-likeness (QED) is 0.779. The molecule has 0 radical (unpaired) electrons. The fourth-order valence-corrected chi connectivity index (χ4v) is 2.24. The third-order valence-electron chi connectivity index (χ3n) is 3.46. The molecule has 0 bridgehead atoms. The van der Waals surface area contributed by atoms with E-state index in [0.29, 0.717) is 6.04 Å². The van der Waals surface area contributed by atoms with Crippen LogP contribution in [0.3, 0.4) is 0 Å². The standard InChI is InChI=1S/C15H30N4/c1-6-8-10-18(11-9-7-2)15-14(16)13(5)17-19(15)12(3)4/h12H,6-11,16H2,1-5H3. The van der Waals surface area contributed by atoms with Crippen LogP contribution >= 0.6 is 0 Å². The molecule has 0 aliphatic carbocycles. The molecule has 4 nitrogen and oxygen atoms in total. The van der Waals surface area contributed by atoms with Gasteiger partial charge in [0.1, 0.15) is 0 Å². The zero-order valence-corrected chi connectivity index (χ0v) is 13.2. The lowest BCUT2D eigenvalue weighted by atomic mass is 10.2. The van der Waals surface area contributed by atoms with Crippen molar-refractivity contribution < 1.29 is 0 Å². The van der Waals surface area contributed by atoms with Gasteiger partial charge in [-0.1, -0.05) is 26.7 Å². The van der Waals surface area contributed by atoms with E-state index in [0.717, 1.165) is 30.3 Å². The Bertz CT molecular complexity index is 374. The van der Waals surface area contributed by atoms with Gasteiger partial charge in [-0.3, -0.25) is 0 Å². The number of nitrogen functional groups attached to an aromatic ring is 1. The summed E-state index contributed by atoms with van der Waals surface area (Å²) in [5.74, 6) is 1.12. The molecule has 0 unspecified atom stereocenters. The van der Waals surface area contributed by atoms with Gasteiger partial charge in [0.2, 0.25) is 0 Å². The Labute approximate surface area is 118 Å². The highest BCUT2D eigenvalue weighted by molar-refractivity contribution is 5.66. The van der Waals surface area contributed by atoms with Crippen molar-refractivity contribution in [1.29, 1.82) is 0 Å². The highest BCUT2D eigenvalue weighted by Crippen LogP contribution is 2.29. The van der Waals surface area contributed by atoms with E-state index in [-0.39, 0.29) is 0 Å². The van der Waals surface area contributed by atoms with Crippen LogP contribution in [0.1, 0.15) is 65.1 Å². The fraction of sp³-hybridized carbons (Fsp3) is 0.800. The molecule has 0 aliphatic rings. The van der Waals surface area contributed by atoms with Gasteiger partial charge >= 0.3 is 0 Å². The van der Waals surface area contributed by atoms with Crippen molar-refractivity contribution in [2.75, 3.05) is 23.7 Å². The van der Waals surface area contributed by atoms with Crippen LogP contribution in [0, 0.1) is 6.92 Å². The Balaban J connectivity index is 3.04. The topological polar surface area (TPSA) is 47.1 Å². The molecule has 4 heteroatoms. The molecule has 1 aromatic rings. The number of nitrogens with two attached hydrogens (primary N) is 1. The minimum absolute atomic E-state index is 0.344. The van der Waals surface area contributed by atoms with E-state index in [9.17, 15) is 0 Å². The molecule has 110 valence electrons. The van der Waals surface area contributed by atoms with Crippen LogP contribution in [0.4, 0.5) is 11.5 Å². The number of anilines is 2. The van der Waals surface area contributed by atoms with Gasteiger partial charge in [0.05, 0.1) is 11.4 Å². The van der Waals surface area contributed by atoms with Gasteiger partial charge in [-0.2, -0.15) is 5.10 Å². The second-order valence-corrected chi connectivity index (χ2v) is 5.56. The van der Waals surface area contributed by atoms with Gasteiger partial charge in [-0.25, -0.2) is 4.68 Å². The van der Waals surface area contributed by atoms with Crippen LogP contribution in [-0.2, 0) is 0 Å². The van der Waals surface area contributed by atoms with Crippen LogP contribution in [-0.4, -0.2) is 22.9 Å². The molecule has 19 heavy (non-hydrogen) atoms. The van der Waals surface area contributed by atoms with Crippen molar-refractivity contribution in [2.24, 2.45) is 0 Å². The Morgan fingerprint density at radius 3 is 2.11 bits per heavy atom. The lowest BCUT2D eigenvalue weighted by Gasteiger charge is -2.27. The highest BCUT2D eigenvalue weighted by atomic mass is 15.4. The number of hydrogen-bond acceptors (Lipinski definition) is 3. The molecule has 0 saturated heterocycles. The lowest BCUT2D eigenvalue weighted by Crippen LogP contribution is -2.29. The normalized spacial score (nSPS) is 11.3. The summed E-state index contributed by atoms with van der Waals surface area (Å²) in [6.07, 6.45) is 4.81. The van der Waals surface area contributed by atoms with E-state index in [2.05, 4.69) is 42.4 Å². The highest BCUT2D eigenvalue weighted by Gasteiger charge is 2.20. The first kappa shape index (κ1) is 15.9. The Hall–Kier alpha value is -1.19. The maximum atomic E-state index is 6.26. The van der Waals surface area contributed by atoms with Crippen molar-refractivity contribution in [3.8, 4) is 0 Å². The number of nitrogens with zero attached hydrogens (tertiary/aromatic N) is 3. The molecule has 1 aromatic heterocycles. The molecular formula is C15H30N4. The first-order valence-electron chi connectivity index (χ1n) is 7.62. The van der Waals surface area contributed by atoms with Gasteiger partial charge in [0.25, 0.3) is 0 Å². The minimum atomic E-state index is 0.344. The molecular weight excluding hydrogens is 236 g/mol. The van der Waals surface area contributed by atoms with Crippen LogP contribution in [0.25, 0.3) is 0 Å². The largest absolute Gasteiger partial charge is 0.394 e. The van der Waals surface area contributed by atoms with Gasteiger partial charge < -0.3 is 10.6 Å². The van der Waals surface area contributed by atoms with Crippen molar-refractivity contribution in [3.63, 3.8) is 0 Å². The molecule has 0 atom stereocenters. The van der Waals surface area contributed by atoms with Crippen LogP contribution in [0.15, 0.2) is 0 Å². The van der Waals surface area contributed by atoms with E-state index < -0.39 is 0 Å². The smallest absolute Gasteiger partial charge is 0.150 e. The number of aryl methyl sites for hydroxylation is 1. The molecule has 1 rings (SSSR count). The lowest BCUT2D eigenvalue weighted by molar-refractivity contribution is 0.517. The second kappa shape index (κ2) is 7.41. The van der Waals surface area contributed by atoms with Crippen LogP contribution < -0.4 is 10.6 Å². The molecule has 2 N–H and O–H groups in total. The van der Waals surface area contributed by atoms with Crippen molar-refractivity contribution in [3.05, 3.63) is 5.69 Å². The average molecular weight is 266 g/mol. The zero-order chi connectivity index (χ0) is 14.4. The third-order valence-corrected chi connectivity index (χ3v) is 3.46. The summed E-state index contributed by atoms with van der Waals surface area (Å²) >= 11 is 0. The van der Waals surface area contributed by atoms with Gasteiger partial charge in [0, 0.05) is 19.1 Å². The van der Waals surface area contributed by atoms with Crippen molar-refractivity contribution >= 4 is 11.5 Å². The minimum Gasteiger partial charge on any atom is -0.394 e. The summed E-state index contributed by atoms with van der Waals surface area (Å²) < 4.78 is 2.08. The number of unbranched alkanes of at least 4 members (excludes halogenated alkanes) is 2. The van der Waals surface area contributed by atoms with E-state index in [1.165, 1.54) is 25.7 Å². The summed E-state index contributed by atoms with van der Waals surface area (Å²) in [6, 6.07) is 0.344. The van der Waals surface area contributed by atoms with Crippen molar-refractivity contribution in [2.45, 2.75) is 66.3 Å². The summed E-state index contributed by atoms with van der Waals surface area (Å²) in [6.45, 7) is 12.9. The SMILES string of the molecule is CCCCN(CCCC)c1c(N)c(C)nn1C(C)C. The molecule has 0 spiro atoms. The first-order chi connectivity index (χ1) is 9.02. The van der Waals surface area contributed by atoms with Gasteiger partial charge in [0.15, 0.2) is 5.82 Å². The molecule has 1 heterocycles. The Morgan fingerprint density at radius 2 is 1.68 bits per heavy atom. The van der Waals surface area contributed by atoms with E-state index >= 15 is 0 Å². The molecule has 0 fully saturated rings. The zero-order valence-electron chi connectivity index (χ0n) is 13.2. The fourth-order valence-electron chi connectivity index (χ4n) is 2.24. The predicted octanol–water partition coefficient (Wildman–Crippen LogP) is 3.76. The van der Waals surface area contributed by atoms with Crippen molar-refractivity contribution in [1.82, 2.24) is 9.78 Å². The van der Waals surface area contributed by atoms with Gasteiger partial charge in [-0.15, -0.1) is 0 Å².